The molecule has 1 N–H and O–H groups in total. The van der Waals surface area contributed by atoms with E-state index in [0.717, 1.165) is 0 Å². The topological polar surface area (TPSA) is 66.8 Å². The van der Waals surface area contributed by atoms with Crippen molar-refractivity contribution in [2.45, 2.75) is 32.5 Å². The van der Waals surface area contributed by atoms with Crippen LogP contribution in [0.4, 0.5) is 0 Å². The summed E-state index contributed by atoms with van der Waals surface area (Å²) < 4.78 is 5.21. The Morgan fingerprint density at radius 2 is 2.08 bits per heavy atom. The van der Waals surface area contributed by atoms with Crippen LogP contribution in [0.3, 0.4) is 0 Å². The normalized spacial score (nSPS) is 26.1. The number of hydrogen-bond donors (Lipinski definition) is 1. The predicted molar refractivity (Wildman–Crippen MR) is 44.0 cm³/mol. The van der Waals surface area contributed by atoms with Crippen LogP contribution in [0.15, 0.2) is 0 Å². The molecule has 1 aliphatic rings. The molecule has 0 aliphatic carbocycles. The minimum atomic E-state index is -1.03. The zero-order valence-electron chi connectivity index (χ0n) is 7.90. The predicted octanol–water partition coefficient (Wildman–Crippen LogP) is 0.0544. The molecule has 1 saturated heterocycles. The van der Waals surface area contributed by atoms with E-state index < -0.39 is 17.7 Å². The summed E-state index contributed by atoms with van der Waals surface area (Å²) in [5.41, 5.74) is -0.811. The molecule has 5 nitrogen and oxygen atoms in total. The Bertz CT molecular complexity index is 249. The van der Waals surface area contributed by atoms with Crippen molar-refractivity contribution in [3.05, 3.63) is 0 Å². The molecule has 0 saturated carbocycles. The fourth-order valence-corrected chi connectivity index (χ4v) is 1.58. The van der Waals surface area contributed by atoms with Gasteiger partial charge in [0.15, 0.2) is 6.04 Å². The molecule has 1 heterocycles. The van der Waals surface area contributed by atoms with Crippen molar-refractivity contribution in [1.29, 1.82) is 0 Å². The van der Waals surface area contributed by atoms with Crippen LogP contribution in [-0.4, -0.2) is 40.3 Å². The highest BCUT2D eigenvalue weighted by molar-refractivity contribution is 5.83. The van der Waals surface area contributed by atoms with Crippen molar-refractivity contribution in [3.8, 4) is 0 Å². The van der Waals surface area contributed by atoms with Crippen LogP contribution < -0.4 is 0 Å². The van der Waals surface area contributed by atoms with Crippen molar-refractivity contribution in [1.82, 2.24) is 4.90 Å². The lowest BCUT2D eigenvalue weighted by Gasteiger charge is -2.30. The molecule has 0 unspecified atom stereocenters. The number of aliphatic carboxylic acids is 1. The Morgan fingerprint density at radius 3 is 2.38 bits per heavy atom. The van der Waals surface area contributed by atoms with E-state index in [9.17, 15) is 9.59 Å². The van der Waals surface area contributed by atoms with Crippen LogP contribution >= 0.6 is 0 Å². The highest BCUT2D eigenvalue weighted by Crippen LogP contribution is 2.27. The van der Waals surface area contributed by atoms with E-state index in [4.69, 9.17) is 9.84 Å². The van der Waals surface area contributed by atoms with Gasteiger partial charge in [-0.25, -0.2) is 4.79 Å². The third-order valence-electron chi connectivity index (χ3n) is 2.11. The minimum Gasteiger partial charge on any atom is -0.480 e. The van der Waals surface area contributed by atoms with Crippen LogP contribution in [0.1, 0.15) is 20.8 Å². The molecule has 0 spiro atoms. The molecular weight excluding hydrogens is 174 g/mol. The molecule has 1 fully saturated rings. The fraction of sp³-hybridized carbons (Fsp3) is 0.750. The van der Waals surface area contributed by atoms with E-state index in [1.165, 1.54) is 11.8 Å². The fourth-order valence-electron chi connectivity index (χ4n) is 1.58. The highest BCUT2D eigenvalue weighted by atomic mass is 16.5. The van der Waals surface area contributed by atoms with Crippen molar-refractivity contribution in [3.63, 3.8) is 0 Å². The summed E-state index contributed by atoms with van der Waals surface area (Å²) >= 11 is 0. The van der Waals surface area contributed by atoms with Crippen LogP contribution in [0.5, 0.6) is 0 Å². The Hall–Kier alpha value is -1.10. The van der Waals surface area contributed by atoms with Gasteiger partial charge in [0.25, 0.3) is 0 Å². The Morgan fingerprint density at radius 1 is 1.54 bits per heavy atom. The third kappa shape index (κ3) is 1.65. The quantitative estimate of drug-likeness (QED) is 0.630. The van der Waals surface area contributed by atoms with Crippen LogP contribution in [0.2, 0.25) is 0 Å². The van der Waals surface area contributed by atoms with Gasteiger partial charge in [0.1, 0.15) is 5.72 Å². The maximum absolute atomic E-state index is 11.2. The standard InChI is InChI=1S/C8H13NO4/c1-5(10)9-6(7(11)12)4-13-8(9,2)3/h6H,4H2,1-3H3,(H,11,12)/t6-/m0/s1. The summed E-state index contributed by atoms with van der Waals surface area (Å²) in [6.45, 7) is 4.75. The van der Waals surface area contributed by atoms with E-state index in [2.05, 4.69) is 0 Å². The van der Waals surface area contributed by atoms with Crippen molar-refractivity contribution >= 4 is 11.9 Å². The molecule has 1 aliphatic heterocycles. The second-order valence-electron chi connectivity index (χ2n) is 3.50. The molecule has 0 bridgehead atoms. The molecule has 1 atom stereocenters. The average molecular weight is 187 g/mol. The summed E-state index contributed by atoms with van der Waals surface area (Å²) in [5, 5.41) is 8.79. The summed E-state index contributed by atoms with van der Waals surface area (Å²) in [4.78, 5) is 23.1. The molecule has 1 amide bonds. The molecule has 74 valence electrons. The van der Waals surface area contributed by atoms with Crippen LogP contribution in [-0.2, 0) is 14.3 Å². The molecule has 0 aromatic heterocycles. The highest BCUT2D eigenvalue weighted by Gasteiger charge is 2.45. The van der Waals surface area contributed by atoms with Gasteiger partial charge in [-0.1, -0.05) is 0 Å². The maximum atomic E-state index is 11.2. The molecule has 1 rings (SSSR count). The largest absolute Gasteiger partial charge is 0.480 e. The van der Waals surface area contributed by atoms with Gasteiger partial charge in [0.2, 0.25) is 5.91 Å². The lowest BCUT2D eigenvalue weighted by molar-refractivity contribution is -0.153. The van der Waals surface area contributed by atoms with E-state index in [1.807, 2.05) is 0 Å². The molecule has 0 aromatic rings. The van der Waals surface area contributed by atoms with Gasteiger partial charge >= 0.3 is 5.97 Å². The van der Waals surface area contributed by atoms with Gasteiger partial charge in [-0.3, -0.25) is 9.69 Å². The SMILES string of the molecule is CC(=O)N1[C@H](C(=O)O)COC1(C)C. The number of carboxylic acid groups (broad SMARTS) is 1. The Labute approximate surface area is 76.3 Å². The Kier molecular flexibility index (Phi) is 2.30. The first kappa shape index (κ1) is 9.98. The number of hydrogen-bond acceptors (Lipinski definition) is 3. The number of ether oxygens (including phenoxy) is 1. The van der Waals surface area contributed by atoms with E-state index in [1.54, 1.807) is 13.8 Å². The third-order valence-corrected chi connectivity index (χ3v) is 2.11. The number of carbonyl (C=O) groups is 2. The number of nitrogens with zero attached hydrogens (tertiary/aromatic N) is 1. The van der Waals surface area contributed by atoms with Crippen molar-refractivity contribution < 1.29 is 19.4 Å². The first-order valence-corrected chi connectivity index (χ1v) is 4.03. The zero-order valence-corrected chi connectivity index (χ0v) is 7.90. The first-order valence-electron chi connectivity index (χ1n) is 4.03. The summed E-state index contributed by atoms with van der Waals surface area (Å²) in [6.07, 6.45) is 0. The minimum absolute atomic E-state index is 0.0575. The number of carboxylic acids is 1. The number of rotatable bonds is 1. The van der Waals surface area contributed by atoms with E-state index in [-0.39, 0.29) is 12.5 Å². The van der Waals surface area contributed by atoms with Crippen LogP contribution in [0.25, 0.3) is 0 Å². The summed E-state index contributed by atoms with van der Waals surface area (Å²) in [7, 11) is 0. The maximum Gasteiger partial charge on any atom is 0.328 e. The molecule has 5 heteroatoms. The van der Waals surface area contributed by atoms with Gasteiger partial charge < -0.3 is 9.84 Å². The van der Waals surface area contributed by atoms with Gasteiger partial charge in [-0.05, 0) is 13.8 Å². The van der Waals surface area contributed by atoms with E-state index in [0.29, 0.717) is 0 Å². The zero-order chi connectivity index (χ0) is 10.2. The smallest absolute Gasteiger partial charge is 0.328 e. The lowest BCUT2D eigenvalue weighted by Crippen LogP contribution is -2.49. The molecule has 13 heavy (non-hydrogen) atoms. The van der Waals surface area contributed by atoms with Gasteiger partial charge in [0, 0.05) is 6.92 Å². The van der Waals surface area contributed by atoms with Gasteiger partial charge in [-0.2, -0.15) is 0 Å². The second kappa shape index (κ2) is 2.99. The molecular formula is C8H13NO4. The molecule has 0 aromatic carbocycles. The van der Waals surface area contributed by atoms with Crippen molar-refractivity contribution in [2.75, 3.05) is 6.61 Å². The second-order valence-corrected chi connectivity index (χ2v) is 3.50. The van der Waals surface area contributed by atoms with Crippen LogP contribution in [0, 0.1) is 0 Å². The average Bonchev–Trinajstić information content (AvgIpc) is 2.24. The van der Waals surface area contributed by atoms with Gasteiger partial charge in [-0.15, -0.1) is 0 Å². The Balaban J connectivity index is 2.92. The summed E-state index contributed by atoms with van der Waals surface area (Å²) in [6, 6.07) is -0.854. The van der Waals surface area contributed by atoms with Gasteiger partial charge in [0.05, 0.1) is 6.61 Å². The molecule has 0 radical (unpaired) electrons. The summed E-state index contributed by atoms with van der Waals surface area (Å²) in [5.74, 6) is -1.31. The van der Waals surface area contributed by atoms with Crippen molar-refractivity contribution in [2.24, 2.45) is 0 Å². The number of amides is 1. The van der Waals surface area contributed by atoms with E-state index >= 15 is 0 Å². The monoisotopic (exact) mass is 187 g/mol. The first-order chi connectivity index (χ1) is 5.86. The number of carbonyl (C=O) groups excluding carboxylic acids is 1. The lowest BCUT2D eigenvalue weighted by atomic mass is 10.2.